The minimum Gasteiger partial charge on any atom is -0.444 e. The topological polar surface area (TPSA) is 70.7 Å². The number of para-hydroxylation sites is 1. The Hall–Kier alpha value is -3.09. The highest BCUT2D eigenvalue weighted by molar-refractivity contribution is 5.99. The number of hydrogen-bond donors (Lipinski definition) is 2. The molecule has 2 aromatic carbocycles. The van der Waals surface area contributed by atoms with Crippen molar-refractivity contribution in [2.75, 3.05) is 17.7 Å². The number of amides is 2. The first-order chi connectivity index (χ1) is 13.1. The maximum atomic E-state index is 13.7. The molecule has 2 amide bonds. The summed E-state index contributed by atoms with van der Waals surface area (Å²) in [5, 5.41) is 5.82. The van der Waals surface area contributed by atoms with Crippen molar-refractivity contribution in [2.45, 2.75) is 39.3 Å². The molecule has 0 radical (unpaired) electrons. The number of nitrogens with one attached hydrogen (secondary N) is 2. The average molecular weight is 387 g/mol. The monoisotopic (exact) mass is 387 g/mol. The second-order valence-electron chi connectivity index (χ2n) is 7.44. The number of hydrogen-bond acceptors (Lipinski definition) is 4. The quantitative estimate of drug-likeness (QED) is 0.776. The van der Waals surface area contributed by atoms with Crippen LogP contribution in [0.3, 0.4) is 0 Å². The number of carbonyl (C=O) groups is 2. The van der Waals surface area contributed by atoms with E-state index in [1.165, 1.54) is 30.1 Å². The molecular weight excluding hydrogens is 361 g/mol. The number of benzene rings is 2. The molecule has 2 aromatic rings. The fourth-order valence-electron chi connectivity index (χ4n) is 2.31. The highest BCUT2D eigenvalue weighted by Gasteiger charge is 2.27. The number of halogens is 1. The normalized spacial score (nSPS) is 12.1. The van der Waals surface area contributed by atoms with Crippen LogP contribution >= 0.6 is 0 Å². The second-order valence-corrected chi connectivity index (χ2v) is 7.44. The number of rotatable bonds is 5. The summed E-state index contributed by atoms with van der Waals surface area (Å²) in [6, 6.07) is 12.5. The molecule has 0 aromatic heterocycles. The molecule has 0 aliphatic heterocycles. The SMILES string of the molecule is CC(C(=O)Nc1ccc(F)cc1Nc1ccccc1)N(C)C(=O)OC(C)(C)C. The van der Waals surface area contributed by atoms with E-state index in [1.54, 1.807) is 27.7 Å². The highest BCUT2D eigenvalue weighted by Crippen LogP contribution is 2.27. The van der Waals surface area contributed by atoms with Crippen molar-refractivity contribution in [2.24, 2.45) is 0 Å². The molecule has 150 valence electrons. The zero-order valence-corrected chi connectivity index (χ0v) is 16.7. The molecule has 0 aliphatic carbocycles. The van der Waals surface area contributed by atoms with Gasteiger partial charge in [0.2, 0.25) is 5.91 Å². The predicted molar refractivity (Wildman–Crippen MR) is 108 cm³/mol. The lowest BCUT2D eigenvalue weighted by Gasteiger charge is -2.28. The van der Waals surface area contributed by atoms with Crippen LogP contribution in [-0.2, 0) is 9.53 Å². The van der Waals surface area contributed by atoms with Gasteiger partial charge < -0.3 is 15.4 Å². The van der Waals surface area contributed by atoms with Gasteiger partial charge in [0.15, 0.2) is 0 Å². The summed E-state index contributed by atoms with van der Waals surface area (Å²) in [5.74, 6) is -0.855. The first kappa shape index (κ1) is 21.2. The average Bonchev–Trinajstić information content (AvgIpc) is 2.62. The lowest BCUT2D eigenvalue weighted by atomic mass is 10.2. The van der Waals surface area contributed by atoms with E-state index in [1.807, 2.05) is 30.3 Å². The number of ether oxygens (including phenoxy) is 1. The van der Waals surface area contributed by atoms with Crippen LogP contribution in [-0.4, -0.2) is 35.6 Å². The Balaban J connectivity index is 2.13. The van der Waals surface area contributed by atoms with Gasteiger partial charge in [-0.2, -0.15) is 0 Å². The molecule has 0 heterocycles. The van der Waals surface area contributed by atoms with Gasteiger partial charge in [0, 0.05) is 12.7 Å². The largest absolute Gasteiger partial charge is 0.444 e. The van der Waals surface area contributed by atoms with Crippen LogP contribution in [0.2, 0.25) is 0 Å². The zero-order valence-electron chi connectivity index (χ0n) is 16.7. The molecule has 2 rings (SSSR count). The molecule has 0 saturated carbocycles. The molecule has 0 fully saturated rings. The third-order valence-electron chi connectivity index (χ3n) is 3.93. The number of nitrogens with zero attached hydrogens (tertiary/aromatic N) is 1. The zero-order chi connectivity index (χ0) is 20.9. The molecule has 0 saturated heterocycles. The lowest BCUT2D eigenvalue weighted by molar-refractivity contribution is -0.120. The van der Waals surface area contributed by atoms with Crippen molar-refractivity contribution in [3.63, 3.8) is 0 Å². The van der Waals surface area contributed by atoms with Crippen molar-refractivity contribution < 1.29 is 18.7 Å². The van der Waals surface area contributed by atoms with Crippen molar-refractivity contribution in [1.82, 2.24) is 4.90 Å². The van der Waals surface area contributed by atoms with Crippen molar-refractivity contribution in [3.05, 3.63) is 54.3 Å². The molecule has 6 nitrogen and oxygen atoms in total. The van der Waals surface area contributed by atoms with E-state index in [4.69, 9.17) is 4.74 Å². The fourth-order valence-corrected chi connectivity index (χ4v) is 2.31. The Morgan fingerprint density at radius 1 is 1.07 bits per heavy atom. The standard InChI is InChI=1S/C21H26FN3O3/c1-14(25(5)20(27)28-21(2,3)4)19(26)24-17-12-11-15(22)13-18(17)23-16-9-7-6-8-10-16/h6-14,23H,1-5H3,(H,24,26). The van der Waals surface area contributed by atoms with Crippen molar-refractivity contribution >= 4 is 29.1 Å². The molecule has 1 unspecified atom stereocenters. The van der Waals surface area contributed by atoms with Crippen LogP contribution < -0.4 is 10.6 Å². The molecule has 0 bridgehead atoms. The molecule has 0 aliphatic rings. The summed E-state index contributed by atoms with van der Waals surface area (Å²) in [5.41, 5.74) is 0.902. The van der Waals surface area contributed by atoms with Crippen LogP contribution in [0, 0.1) is 5.82 Å². The Bertz CT molecular complexity index is 835. The molecular formula is C21H26FN3O3. The van der Waals surface area contributed by atoms with Gasteiger partial charge in [-0.15, -0.1) is 0 Å². The summed E-state index contributed by atoms with van der Waals surface area (Å²) in [6.07, 6.45) is -0.600. The van der Waals surface area contributed by atoms with Gasteiger partial charge in [-0.1, -0.05) is 18.2 Å². The Morgan fingerprint density at radius 3 is 2.32 bits per heavy atom. The minimum atomic E-state index is -0.788. The Labute approximate surface area is 164 Å². The van der Waals surface area contributed by atoms with E-state index in [9.17, 15) is 14.0 Å². The van der Waals surface area contributed by atoms with Gasteiger partial charge >= 0.3 is 6.09 Å². The summed E-state index contributed by atoms with van der Waals surface area (Å²) in [6.45, 7) is 6.85. The molecule has 28 heavy (non-hydrogen) atoms. The maximum absolute atomic E-state index is 13.7. The van der Waals surface area contributed by atoms with Crippen molar-refractivity contribution in [3.8, 4) is 0 Å². The second kappa shape index (κ2) is 8.73. The Kier molecular flexibility index (Phi) is 6.62. The van der Waals surface area contributed by atoms with E-state index in [-0.39, 0.29) is 0 Å². The van der Waals surface area contributed by atoms with Crippen molar-refractivity contribution in [1.29, 1.82) is 0 Å². The molecule has 1 atom stereocenters. The number of anilines is 3. The van der Waals surface area contributed by atoms with Crippen LogP contribution in [0.25, 0.3) is 0 Å². The molecule has 7 heteroatoms. The predicted octanol–water partition coefficient (Wildman–Crippen LogP) is 4.76. The van der Waals surface area contributed by atoms with E-state index >= 15 is 0 Å². The fraction of sp³-hybridized carbons (Fsp3) is 0.333. The summed E-state index contributed by atoms with van der Waals surface area (Å²) < 4.78 is 19.0. The van der Waals surface area contributed by atoms with Gasteiger partial charge in [-0.25, -0.2) is 9.18 Å². The summed E-state index contributed by atoms with van der Waals surface area (Å²) in [4.78, 5) is 26.0. The third-order valence-corrected chi connectivity index (χ3v) is 3.93. The Morgan fingerprint density at radius 2 is 1.71 bits per heavy atom. The maximum Gasteiger partial charge on any atom is 0.410 e. The van der Waals surface area contributed by atoms with E-state index in [2.05, 4.69) is 10.6 Å². The lowest BCUT2D eigenvalue weighted by Crippen LogP contribution is -2.45. The van der Waals surface area contributed by atoms with E-state index in [0.717, 1.165) is 5.69 Å². The van der Waals surface area contributed by atoms with Crippen LogP contribution in [0.5, 0.6) is 0 Å². The van der Waals surface area contributed by atoms with Gasteiger partial charge in [0.05, 0.1) is 11.4 Å². The number of carbonyl (C=O) groups excluding carboxylic acids is 2. The summed E-state index contributed by atoms with van der Waals surface area (Å²) >= 11 is 0. The minimum absolute atomic E-state index is 0.402. The number of likely N-dealkylation sites (N-methyl/N-ethyl adjacent to an activating group) is 1. The first-order valence-corrected chi connectivity index (χ1v) is 8.95. The van der Waals surface area contributed by atoms with Gasteiger partial charge in [-0.05, 0) is 58.0 Å². The van der Waals surface area contributed by atoms with E-state index in [0.29, 0.717) is 11.4 Å². The highest BCUT2D eigenvalue weighted by atomic mass is 19.1. The smallest absolute Gasteiger partial charge is 0.410 e. The van der Waals surface area contributed by atoms with Gasteiger partial charge in [0.1, 0.15) is 17.5 Å². The first-order valence-electron chi connectivity index (χ1n) is 8.95. The summed E-state index contributed by atoms with van der Waals surface area (Å²) in [7, 11) is 1.49. The van der Waals surface area contributed by atoms with Gasteiger partial charge in [0.25, 0.3) is 0 Å². The van der Waals surface area contributed by atoms with Gasteiger partial charge in [-0.3, -0.25) is 9.69 Å². The van der Waals surface area contributed by atoms with Crippen LogP contribution in [0.4, 0.5) is 26.2 Å². The van der Waals surface area contributed by atoms with Crippen LogP contribution in [0.15, 0.2) is 48.5 Å². The molecule has 0 spiro atoms. The van der Waals surface area contributed by atoms with Crippen LogP contribution in [0.1, 0.15) is 27.7 Å². The van der Waals surface area contributed by atoms with E-state index < -0.39 is 29.5 Å². The molecule has 2 N–H and O–H groups in total. The third kappa shape index (κ3) is 5.97.